The first kappa shape index (κ1) is 13.2. The molecule has 4 heteroatoms. The summed E-state index contributed by atoms with van der Waals surface area (Å²) in [5.41, 5.74) is 2.51. The van der Waals surface area contributed by atoms with Crippen LogP contribution < -0.4 is 5.32 Å². The lowest BCUT2D eigenvalue weighted by Crippen LogP contribution is -2.28. The van der Waals surface area contributed by atoms with Gasteiger partial charge in [-0.3, -0.25) is 9.58 Å². The zero-order valence-corrected chi connectivity index (χ0v) is 12.2. The van der Waals surface area contributed by atoms with E-state index in [1.54, 1.807) is 0 Å². The van der Waals surface area contributed by atoms with E-state index in [1.807, 2.05) is 24.1 Å². The lowest BCUT2D eigenvalue weighted by atomic mass is 10.2. The van der Waals surface area contributed by atoms with Crippen molar-refractivity contribution in [2.45, 2.75) is 32.0 Å². The third kappa shape index (κ3) is 3.02. The van der Waals surface area contributed by atoms with E-state index < -0.39 is 0 Å². The third-order valence-corrected chi connectivity index (χ3v) is 4.01. The van der Waals surface area contributed by atoms with Gasteiger partial charge in [0.05, 0.1) is 11.9 Å². The first-order chi connectivity index (χ1) is 9.70. The second-order valence-corrected chi connectivity index (χ2v) is 5.74. The van der Waals surface area contributed by atoms with E-state index in [0.717, 1.165) is 18.8 Å². The molecule has 0 spiro atoms. The Labute approximate surface area is 120 Å². The maximum absolute atomic E-state index is 4.21. The van der Waals surface area contributed by atoms with Gasteiger partial charge in [-0.25, -0.2) is 0 Å². The molecule has 0 bridgehead atoms. The first-order valence-corrected chi connectivity index (χ1v) is 7.24. The van der Waals surface area contributed by atoms with Gasteiger partial charge in [0.25, 0.3) is 0 Å². The van der Waals surface area contributed by atoms with Crippen LogP contribution in [0, 0.1) is 0 Å². The number of aryl methyl sites for hydroxylation is 1. The first-order valence-electron chi connectivity index (χ1n) is 7.24. The fraction of sp³-hybridized carbons (Fsp3) is 0.438. The Kier molecular flexibility index (Phi) is 3.74. The van der Waals surface area contributed by atoms with Gasteiger partial charge < -0.3 is 5.32 Å². The Morgan fingerprint density at radius 3 is 2.80 bits per heavy atom. The molecule has 1 aromatic heterocycles. The summed E-state index contributed by atoms with van der Waals surface area (Å²) in [5, 5.41) is 7.79. The van der Waals surface area contributed by atoms with Crippen LogP contribution in [0.5, 0.6) is 0 Å². The molecule has 1 aliphatic heterocycles. The molecule has 106 valence electrons. The highest BCUT2D eigenvalue weighted by atomic mass is 15.3. The number of anilines is 1. The summed E-state index contributed by atoms with van der Waals surface area (Å²) < 4.78 is 1.84. The molecule has 0 unspecified atom stereocenters. The number of nitrogens with zero attached hydrogens (tertiary/aromatic N) is 3. The molecule has 20 heavy (non-hydrogen) atoms. The second-order valence-electron chi connectivity index (χ2n) is 5.74. The number of hydrogen-bond acceptors (Lipinski definition) is 3. The molecule has 1 aromatic carbocycles. The van der Waals surface area contributed by atoms with Gasteiger partial charge >= 0.3 is 0 Å². The normalized spacial score (nSPS) is 23.1. The van der Waals surface area contributed by atoms with E-state index >= 15 is 0 Å². The van der Waals surface area contributed by atoms with Gasteiger partial charge in [0, 0.05) is 38.4 Å². The van der Waals surface area contributed by atoms with Gasteiger partial charge in [-0.15, -0.1) is 0 Å². The Hall–Kier alpha value is -1.81. The van der Waals surface area contributed by atoms with E-state index in [9.17, 15) is 0 Å². The number of rotatable bonds is 4. The highest BCUT2D eigenvalue weighted by Crippen LogP contribution is 2.22. The van der Waals surface area contributed by atoms with Crippen molar-refractivity contribution >= 4 is 5.69 Å². The van der Waals surface area contributed by atoms with Crippen molar-refractivity contribution in [3.63, 3.8) is 0 Å². The van der Waals surface area contributed by atoms with Gasteiger partial charge in [0.1, 0.15) is 0 Å². The van der Waals surface area contributed by atoms with Crippen LogP contribution in [0.4, 0.5) is 5.69 Å². The highest BCUT2D eigenvalue weighted by Gasteiger charge is 2.28. The largest absolute Gasteiger partial charge is 0.378 e. The van der Waals surface area contributed by atoms with Gasteiger partial charge in [-0.2, -0.15) is 5.10 Å². The van der Waals surface area contributed by atoms with Crippen LogP contribution in [0.2, 0.25) is 0 Å². The molecule has 0 radical (unpaired) electrons. The summed E-state index contributed by atoms with van der Waals surface area (Å²) in [7, 11) is 1.95. The Morgan fingerprint density at radius 2 is 2.10 bits per heavy atom. The summed E-state index contributed by atoms with van der Waals surface area (Å²) in [4.78, 5) is 2.55. The van der Waals surface area contributed by atoms with Crippen molar-refractivity contribution in [1.29, 1.82) is 0 Å². The summed E-state index contributed by atoms with van der Waals surface area (Å²) in [6.45, 7) is 4.44. The van der Waals surface area contributed by atoms with Crippen molar-refractivity contribution in [1.82, 2.24) is 14.7 Å². The molecule has 2 heterocycles. The molecule has 0 saturated carbocycles. The Bertz CT molecular complexity index is 549. The molecule has 3 rings (SSSR count). The molecule has 0 amide bonds. The van der Waals surface area contributed by atoms with Gasteiger partial charge in [-0.05, 0) is 18.9 Å². The van der Waals surface area contributed by atoms with Crippen LogP contribution in [0.25, 0.3) is 0 Å². The average Bonchev–Trinajstić information content (AvgIpc) is 2.98. The minimum Gasteiger partial charge on any atom is -0.378 e. The highest BCUT2D eigenvalue weighted by molar-refractivity contribution is 5.39. The SMILES string of the molecule is C[C@H]1C[C@@H](Nc2cnn(C)c2)CN1Cc1ccccc1. The van der Waals surface area contributed by atoms with E-state index in [2.05, 4.69) is 52.6 Å². The molecular formula is C16H22N4. The minimum atomic E-state index is 0.512. The smallest absolute Gasteiger partial charge is 0.0728 e. The maximum atomic E-state index is 4.21. The van der Waals surface area contributed by atoms with E-state index in [-0.39, 0.29) is 0 Å². The third-order valence-electron chi connectivity index (χ3n) is 4.01. The lowest BCUT2D eigenvalue weighted by Gasteiger charge is -2.20. The second kappa shape index (κ2) is 5.67. The topological polar surface area (TPSA) is 33.1 Å². The quantitative estimate of drug-likeness (QED) is 0.926. The van der Waals surface area contributed by atoms with E-state index in [0.29, 0.717) is 12.1 Å². The Morgan fingerprint density at radius 1 is 1.30 bits per heavy atom. The van der Waals surface area contributed by atoms with Crippen LogP contribution in [0.15, 0.2) is 42.7 Å². The van der Waals surface area contributed by atoms with Crippen LogP contribution in [0.3, 0.4) is 0 Å². The molecule has 1 saturated heterocycles. The van der Waals surface area contributed by atoms with Gasteiger partial charge in [0.15, 0.2) is 0 Å². The number of hydrogen-bond donors (Lipinski definition) is 1. The summed E-state index contributed by atoms with van der Waals surface area (Å²) >= 11 is 0. The predicted octanol–water partition coefficient (Wildman–Crippen LogP) is 2.50. The maximum Gasteiger partial charge on any atom is 0.0728 e. The van der Waals surface area contributed by atoms with Crippen LogP contribution in [-0.2, 0) is 13.6 Å². The number of benzene rings is 1. The standard InChI is InChI=1S/C16H22N4/c1-13-8-15(18-16-9-17-19(2)11-16)12-20(13)10-14-6-4-3-5-7-14/h3-7,9,11,13,15,18H,8,10,12H2,1-2H3/t13-,15+/m0/s1. The molecular weight excluding hydrogens is 248 g/mol. The summed E-state index contributed by atoms with van der Waals surface area (Å²) in [6, 6.07) is 11.8. The summed E-state index contributed by atoms with van der Waals surface area (Å²) in [5.74, 6) is 0. The minimum absolute atomic E-state index is 0.512. The molecule has 4 nitrogen and oxygen atoms in total. The molecule has 2 aromatic rings. The molecule has 1 aliphatic rings. The number of nitrogens with one attached hydrogen (secondary N) is 1. The van der Waals surface area contributed by atoms with E-state index in [4.69, 9.17) is 0 Å². The van der Waals surface area contributed by atoms with Crippen molar-refractivity contribution < 1.29 is 0 Å². The zero-order valence-electron chi connectivity index (χ0n) is 12.2. The fourth-order valence-corrected chi connectivity index (χ4v) is 2.97. The van der Waals surface area contributed by atoms with Crippen molar-refractivity contribution in [2.75, 3.05) is 11.9 Å². The molecule has 2 atom stereocenters. The summed E-state index contributed by atoms with van der Waals surface area (Å²) in [6.07, 6.45) is 5.11. The lowest BCUT2D eigenvalue weighted by molar-refractivity contribution is 0.259. The predicted molar refractivity (Wildman–Crippen MR) is 81.5 cm³/mol. The molecule has 1 N–H and O–H groups in total. The zero-order chi connectivity index (χ0) is 13.9. The van der Waals surface area contributed by atoms with Gasteiger partial charge in [0.2, 0.25) is 0 Å². The Balaban J connectivity index is 1.59. The van der Waals surface area contributed by atoms with E-state index in [1.165, 1.54) is 12.0 Å². The van der Waals surface area contributed by atoms with Gasteiger partial charge in [-0.1, -0.05) is 30.3 Å². The monoisotopic (exact) mass is 270 g/mol. The average molecular weight is 270 g/mol. The fourth-order valence-electron chi connectivity index (χ4n) is 2.97. The van der Waals surface area contributed by atoms with Crippen molar-refractivity contribution in [3.05, 3.63) is 48.3 Å². The molecule has 0 aliphatic carbocycles. The van der Waals surface area contributed by atoms with Crippen molar-refractivity contribution in [2.24, 2.45) is 7.05 Å². The van der Waals surface area contributed by atoms with Crippen LogP contribution in [0.1, 0.15) is 18.9 Å². The van der Waals surface area contributed by atoms with Crippen molar-refractivity contribution in [3.8, 4) is 0 Å². The number of likely N-dealkylation sites (tertiary alicyclic amines) is 1. The van der Waals surface area contributed by atoms with Crippen LogP contribution >= 0.6 is 0 Å². The van der Waals surface area contributed by atoms with Crippen LogP contribution in [-0.4, -0.2) is 33.3 Å². The number of aromatic nitrogens is 2. The molecule has 1 fully saturated rings.